The van der Waals surface area contributed by atoms with Gasteiger partial charge in [0.05, 0.1) is 12.2 Å². The normalized spacial score (nSPS) is 8.73. The van der Waals surface area contributed by atoms with E-state index < -0.39 is 6.03 Å². The van der Waals surface area contributed by atoms with Crippen LogP contribution >= 0.6 is 0 Å². The fraction of sp³-hybridized carbons (Fsp3) is 0.100. The van der Waals surface area contributed by atoms with Gasteiger partial charge in [0.2, 0.25) is 6.29 Å². The lowest BCUT2D eigenvalue weighted by atomic mass is 10.3. The molecule has 0 aromatic heterocycles. The first kappa shape index (κ1) is 10.7. The second kappa shape index (κ2) is 5.40. The van der Waals surface area contributed by atoms with E-state index in [0.717, 1.165) is 4.90 Å². The Kier molecular flexibility index (Phi) is 3.86. The van der Waals surface area contributed by atoms with Crippen LogP contribution in [0.1, 0.15) is 0 Å². The van der Waals surface area contributed by atoms with Crippen molar-refractivity contribution in [2.75, 3.05) is 11.4 Å². The number of amides is 2. The van der Waals surface area contributed by atoms with Crippen LogP contribution in [-0.4, -0.2) is 18.9 Å². The van der Waals surface area contributed by atoms with Crippen molar-refractivity contribution in [1.29, 1.82) is 5.26 Å². The molecule has 0 heterocycles. The van der Waals surface area contributed by atoms with Crippen LogP contribution in [0.25, 0.3) is 0 Å². The standard InChI is InChI=1S/C10H8N3O2/c11-8-13(10(15)12-6-7-14)9-4-2-1-3-5-9/h1-5H,6H2,(H,12,15). The van der Waals surface area contributed by atoms with E-state index in [9.17, 15) is 9.59 Å². The molecule has 1 radical (unpaired) electrons. The lowest BCUT2D eigenvalue weighted by molar-refractivity contribution is 0.249. The van der Waals surface area contributed by atoms with Crippen molar-refractivity contribution in [1.82, 2.24) is 5.32 Å². The minimum Gasteiger partial charge on any atom is -0.329 e. The van der Waals surface area contributed by atoms with E-state index in [1.54, 1.807) is 36.5 Å². The summed E-state index contributed by atoms with van der Waals surface area (Å²) in [6.07, 6.45) is 3.23. The van der Waals surface area contributed by atoms with E-state index in [1.165, 1.54) is 6.29 Å². The molecule has 2 amide bonds. The van der Waals surface area contributed by atoms with Gasteiger partial charge in [0.1, 0.15) is 0 Å². The molecule has 15 heavy (non-hydrogen) atoms. The van der Waals surface area contributed by atoms with Crippen LogP contribution in [0.15, 0.2) is 30.3 Å². The van der Waals surface area contributed by atoms with Crippen LogP contribution in [-0.2, 0) is 4.79 Å². The van der Waals surface area contributed by atoms with Crippen molar-refractivity contribution in [3.63, 3.8) is 0 Å². The Hall–Kier alpha value is -2.35. The van der Waals surface area contributed by atoms with E-state index >= 15 is 0 Å². The van der Waals surface area contributed by atoms with Crippen LogP contribution < -0.4 is 10.2 Å². The quantitative estimate of drug-likeness (QED) is 0.581. The van der Waals surface area contributed by atoms with Gasteiger partial charge in [0, 0.05) is 0 Å². The van der Waals surface area contributed by atoms with E-state index in [1.807, 2.05) is 0 Å². The van der Waals surface area contributed by atoms with Gasteiger partial charge in [0.15, 0.2) is 6.19 Å². The number of benzene rings is 1. The molecule has 0 saturated carbocycles. The van der Waals surface area contributed by atoms with Crippen LogP contribution in [0.5, 0.6) is 0 Å². The minimum atomic E-state index is -0.646. The summed E-state index contributed by atoms with van der Waals surface area (Å²) in [4.78, 5) is 22.1. The third kappa shape index (κ3) is 2.81. The van der Waals surface area contributed by atoms with E-state index in [0.29, 0.717) is 5.69 Å². The number of hydrogen-bond acceptors (Lipinski definition) is 3. The SMILES string of the molecule is N#CN(C(=O)NC[C]=O)c1ccccc1. The molecule has 0 aliphatic heterocycles. The topological polar surface area (TPSA) is 73.2 Å². The van der Waals surface area contributed by atoms with Gasteiger partial charge < -0.3 is 5.32 Å². The molecular formula is C10H8N3O2. The highest BCUT2D eigenvalue weighted by Gasteiger charge is 2.13. The largest absolute Gasteiger partial charge is 0.335 e. The number of nitrogens with one attached hydrogen (secondary N) is 1. The highest BCUT2D eigenvalue weighted by molar-refractivity contribution is 5.95. The number of nitriles is 1. The molecule has 1 N–H and O–H groups in total. The zero-order chi connectivity index (χ0) is 11.1. The highest BCUT2D eigenvalue weighted by atomic mass is 16.2. The van der Waals surface area contributed by atoms with Crippen molar-refractivity contribution < 1.29 is 9.59 Å². The molecule has 1 aromatic carbocycles. The van der Waals surface area contributed by atoms with Crippen LogP contribution in [0.3, 0.4) is 0 Å². The Labute approximate surface area is 86.9 Å². The van der Waals surface area contributed by atoms with Gasteiger partial charge in [-0.15, -0.1) is 0 Å². The van der Waals surface area contributed by atoms with Crippen molar-refractivity contribution in [2.24, 2.45) is 0 Å². The number of urea groups is 1. The summed E-state index contributed by atoms with van der Waals surface area (Å²) < 4.78 is 0. The molecule has 0 unspecified atom stereocenters. The zero-order valence-corrected chi connectivity index (χ0v) is 7.80. The van der Waals surface area contributed by atoms with Crippen molar-refractivity contribution in [2.45, 2.75) is 0 Å². The number of anilines is 1. The molecule has 5 heteroatoms. The number of nitrogens with zero attached hydrogens (tertiary/aromatic N) is 2. The first-order chi connectivity index (χ1) is 7.29. The summed E-state index contributed by atoms with van der Waals surface area (Å²) in [5.41, 5.74) is 0.448. The Balaban J connectivity index is 2.77. The zero-order valence-electron chi connectivity index (χ0n) is 7.80. The summed E-state index contributed by atoms with van der Waals surface area (Å²) in [6.45, 7) is -0.232. The predicted octanol–water partition coefficient (Wildman–Crippen LogP) is 0.793. The van der Waals surface area contributed by atoms with Gasteiger partial charge in [-0.3, -0.25) is 4.79 Å². The molecule has 75 valence electrons. The third-order valence-electron chi connectivity index (χ3n) is 1.63. The number of para-hydroxylation sites is 1. The monoisotopic (exact) mass is 202 g/mol. The van der Waals surface area contributed by atoms with Crippen molar-refractivity contribution in [3.8, 4) is 6.19 Å². The fourth-order valence-corrected chi connectivity index (χ4v) is 0.988. The number of rotatable bonds is 3. The smallest absolute Gasteiger partial charge is 0.329 e. The number of carbonyl (C=O) groups is 1. The molecule has 0 aliphatic carbocycles. The first-order valence-electron chi connectivity index (χ1n) is 4.17. The van der Waals surface area contributed by atoms with Gasteiger partial charge in [-0.05, 0) is 12.1 Å². The Morgan fingerprint density at radius 3 is 2.60 bits per heavy atom. The molecular weight excluding hydrogens is 194 g/mol. The van der Waals surface area contributed by atoms with Crippen LogP contribution in [0.2, 0.25) is 0 Å². The van der Waals surface area contributed by atoms with Gasteiger partial charge >= 0.3 is 6.03 Å². The minimum absolute atomic E-state index is 0.232. The second-order valence-corrected chi connectivity index (χ2v) is 2.57. The summed E-state index contributed by atoms with van der Waals surface area (Å²) in [6, 6.07) is 7.78. The van der Waals surface area contributed by atoms with E-state index in [2.05, 4.69) is 5.32 Å². The molecule has 0 aliphatic rings. The summed E-state index contributed by atoms with van der Waals surface area (Å²) >= 11 is 0. The lowest BCUT2D eigenvalue weighted by Gasteiger charge is -2.12. The van der Waals surface area contributed by atoms with Gasteiger partial charge in [-0.25, -0.2) is 4.79 Å². The molecule has 0 saturated heterocycles. The molecule has 0 fully saturated rings. The molecule has 0 spiro atoms. The predicted molar refractivity (Wildman–Crippen MR) is 53.6 cm³/mol. The van der Waals surface area contributed by atoms with Crippen molar-refractivity contribution >= 4 is 18.0 Å². The van der Waals surface area contributed by atoms with Crippen LogP contribution in [0, 0.1) is 11.5 Å². The fourth-order valence-electron chi connectivity index (χ4n) is 0.988. The summed E-state index contributed by atoms with van der Waals surface area (Å²) in [7, 11) is 0. The molecule has 1 aromatic rings. The average Bonchev–Trinajstić information content (AvgIpc) is 2.29. The Bertz CT molecular complexity index is 383. The van der Waals surface area contributed by atoms with Gasteiger partial charge in [0.25, 0.3) is 0 Å². The maximum absolute atomic E-state index is 11.3. The second-order valence-electron chi connectivity index (χ2n) is 2.57. The summed E-state index contributed by atoms with van der Waals surface area (Å²) in [5, 5.41) is 11.0. The van der Waals surface area contributed by atoms with Crippen molar-refractivity contribution in [3.05, 3.63) is 30.3 Å². The lowest BCUT2D eigenvalue weighted by Crippen LogP contribution is -2.37. The van der Waals surface area contributed by atoms with Crippen LogP contribution in [0.4, 0.5) is 10.5 Å². The molecule has 5 nitrogen and oxygen atoms in total. The number of carbonyl (C=O) groups excluding carboxylic acids is 2. The average molecular weight is 202 g/mol. The summed E-state index contributed by atoms with van der Waals surface area (Å²) in [5.74, 6) is 0. The van der Waals surface area contributed by atoms with Gasteiger partial charge in [-0.1, -0.05) is 18.2 Å². The molecule has 1 rings (SSSR count). The number of hydrogen-bond donors (Lipinski definition) is 1. The molecule has 0 bridgehead atoms. The van der Waals surface area contributed by atoms with E-state index in [4.69, 9.17) is 5.26 Å². The Morgan fingerprint density at radius 1 is 1.40 bits per heavy atom. The Morgan fingerprint density at radius 2 is 2.07 bits per heavy atom. The molecule has 0 atom stereocenters. The highest BCUT2D eigenvalue weighted by Crippen LogP contribution is 2.11. The van der Waals surface area contributed by atoms with Gasteiger partial charge in [-0.2, -0.15) is 10.2 Å². The maximum Gasteiger partial charge on any atom is 0.335 e. The maximum atomic E-state index is 11.3. The van der Waals surface area contributed by atoms with E-state index in [-0.39, 0.29) is 6.54 Å². The third-order valence-corrected chi connectivity index (χ3v) is 1.63. The first-order valence-corrected chi connectivity index (χ1v) is 4.17.